The number of phenols is 1. The summed E-state index contributed by atoms with van der Waals surface area (Å²) in [5.74, 6) is 0.425. The molecule has 0 saturated carbocycles. The molecule has 41 heavy (non-hydrogen) atoms. The minimum absolute atomic E-state index is 0.123. The van der Waals surface area contributed by atoms with Crippen molar-refractivity contribution in [3.8, 4) is 5.75 Å². The zero-order valence-electron chi connectivity index (χ0n) is 23.2. The first-order valence-corrected chi connectivity index (χ1v) is 14.1. The Kier molecular flexibility index (Phi) is 12.3. The Morgan fingerprint density at radius 2 is 1.88 bits per heavy atom. The maximum absolute atomic E-state index is 13.8. The summed E-state index contributed by atoms with van der Waals surface area (Å²) in [6, 6.07) is 14.4. The standard InChI is InChI=1S/C32H34IN3O5/c1-23(22-41-27(16-17-33)12-8-18-34-24(2)37)20-25(11-9-19-40-3)31-35-29-14-6-5-13-28(29)32(39)36(31)21-26-10-4-7-15-30(26)38/h4-20,31,35,38H,21-22H2,1-3H3,(H,34,37)/b17-16-,18-8+,19-9+,23-20+,25-11+,27-12+. The Morgan fingerprint density at radius 3 is 2.61 bits per heavy atom. The van der Waals surface area contributed by atoms with Crippen LogP contribution in [0.15, 0.2) is 118 Å². The van der Waals surface area contributed by atoms with Crippen LogP contribution in [-0.2, 0) is 20.8 Å². The fraction of sp³-hybridized carbons (Fsp3) is 0.188. The van der Waals surface area contributed by atoms with Crippen LogP contribution in [0.2, 0.25) is 0 Å². The topological polar surface area (TPSA) is 100 Å². The summed E-state index contributed by atoms with van der Waals surface area (Å²) in [7, 11) is 1.57. The van der Waals surface area contributed by atoms with Gasteiger partial charge in [0.25, 0.3) is 5.91 Å². The predicted octanol–water partition coefficient (Wildman–Crippen LogP) is 6.32. The molecule has 0 saturated heterocycles. The second-order valence-corrected chi connectivity index (χ2v) is 9.80. The average Bonchev–Trinajstić information content (AvgIpc) is 2.96. The minimum Gasteiger partial charge on any atom is -0.508 e. The number of para-hydroxylation sites is 2. The number of hydrogen-bond acceptors (Lipinski definition) is 6. The molecule has 0 bridgehead atoms. The smallest absolute Gasteiger partial charge is 0.258 e. The summed E-state index contributed by atoms with van der Waals surface area (Å²) in [6.07, 6.45) is 13.4. The van der Waals surface area contributed by atoms with Gasteiger partial charge in [0.2, 0.25) is 5.91 Å². The number of hydrogen-bond donors (Lipinski definition) is 3. The minimum atomic E-state index is -0.543. The van der Waals surface area contributed by atoms with Gasteiger partial charge >= 0.3 is 0 Å². The number of aromatic hydroxyl groups is 1. The number of halogens is 1. The van der Waals surface area contributed by atoms with Crippen LogP contribution in [0.3, 0.4) is 0 Å². The van der Waals surface area contributed by atoms with Crippen molar-refractivity contribution >= 4 is 40.1 Å². The van der Waals surface area contributed by atoms with E-state index in [1.165, 1.54) is 6.92 Å². The molecule has 1 aliphatic rings. The van der Waals surface area contributed by atoms with Gasteiger partial charge in [-0.15, -0.1) is 0 Å². The molecule has 214 valence electrons. The van der Waals surface area contributed by atoms with Crippen LogP contribution in [0.25, 0.3) is 0 Å². The summed E-state index contributed by atoms with van der Waals surface area (Å²) in [6.45, 7) is 3.86. The molecule has 2 aromatic carbocycles. The first-order chi connectivity index (χ1) is 19.8. The highest BCUT2D eigenvalue weighted by molar-refractivity contribution is 14.1. The summed E-state index contributed by atoms with van der Waals surface area (Å²) in [5, 5.41) is 16.6. The van der Waals surface area contributed by atoms with Gasteiger partial charge in [-0.25, -0.2) is 0 Å². The number of allylic oxidation sites excluding steroid dienone is 5. The number of nitrogens with one attached hydrogen (secondary N) is 2. The van der Waals surface area contributed by atoms with E-state index in [2.05, 4.69) is 33.2 Å². The van der Waals surface area contributed by atoms with Crippen molar-refractivity contribution < 1.29 is 24.2 Å². The highest BCUT2D eigenvalue weighted by Gasteiger charge is 2.33. The van der Waals surface area contributed by atoms with Gasteiger partial charge in [-0.1, -0.05) is 65.1 Å². The lowest BCUT2D eigenvalue weighted by Gasteiger charge is -2.39. The van der Waals surface area contributed by atoms with Crippen molar-refractivity contribution in [1.82, 2.24) is 10.2 Å². The third kappa shape index (κ3) is 9.42. The van der Waals surface area contributed by atoms with Crippen LogP contribution in [0.4, 0.5) is 5.69 Å². The number of carbonyl (C=O) groups excluding carboxylic acids is 2. The molecule has 0 fully saturated rings. The quantitative estimate of drug-likeness (QED) is 0.139. The predicted molar refractivity (Wildman–Crippen MR) is 170 cm³/mol. The molecule has 1 atom stereocenters. The number of anilines is 1. The monoisotopic (exact) mass is 667 g/mol. The van der Waals surface area contributed by atoms with Crippen LogP contribution in [0.5, 0.6) is 5.75 Å². The maximum atomic E-state index is 13.8. The SMILES string of the molecule is CO/C=C/C=C(\C=C(/C)COC(/C=C\I)=C/C=C/NC(C)=O)C1Nc2ccccc2C(=O)N1Cc1ccccc1O. The first kappa shape index (κ1) is 31.3. The number of ether oxygens (including phenoxy) is 2. The van der Waals surface area contributed by atoms with E-state index in [-0.39, 0.29) is 30.7 Å². The number of carbonyl (C=O) groups is 2. The van der Waals surface area contributed by atoms with Gasteiger partial charge in [-0.05, 0) is 64.7 Å². The molecule has 0 spiro atoms. The number of amides is 2. The Morgan fingerprint density at radius 1 is 1.12 bits per heavy atom. The summed E-state index contributed by atoms with van der Waals surface area (Å²) < 4.78 is 13.0. The Labute approximate surface area is 254 Å². The molecular weight excluding hydrogens is 633 g/mol. The van der Waals surface area contributed by atoms with E-state index < -0.39 is 6.17 Å². The fourth-order valence-electron chi connectivity index (χ4n) is 4.04. The molecule has 3 N–H and O–H groups in total. The van der Waals surface area contributed by atoms with Crippen LogP contribution >= 0.6 is 22.6 Å². The van der Waals surface area contributed by atoms with Crippen LogP contribution in [0.1, 0.15) is 29.8 Å². The lowest BCUT2D eigenvalue weighted by atomic mass is 10.0. The van der Waals surface area contributed by atoms with E-state index in [0.29, 0.717) is 16.9 Å². The second kappa shape index (κ2) is 16.1. The van der Waals surface area contributed by atoms with E-state index in [1.54, 1.807) is 67.0 Å². The van der Waals surface area contributed by atoms with Crippen molar-refractivity contribution in [2.24, 2.45) is 0 Å². The number of methoxy groups -OCH3 is 1. The fourth-order valence-corrected chi connectivity index (χ4v) is 4.39. The molecule has 0 aliphatic carbocycles. The zero-order chi connectivity index (χ0) is 29.6. The number of nitrogens with zero attached hydrogens (tertiary/aromatic N) is 1. The number of fused-ring (bicyclic) bond motifs is 1. The summed E-state index contributed by atoms with van der Waals surface area (Å²) in [5.41, 5.74) is 3.61. The van der Waals surface area contributed by atoms with E-state index in [4.69, 9.17) is 9.47 Å². The van der Waals surface area contributed by atoms with E-state index in [9.17, 15) is 14.7 Å². The maximum Gasteiger partial charge on any atom is 0.258 e. The third-order valence-corrected chi connectivity index (χ3v) is 6.28. The van der Waals surface area contributed by atoms with Gasteiger partial charge in [0.15, 0.2) is 0 Å². The van der Waals surface area contributed by atoms with Gasteiger partial charge in [-0.2, -0.15) is 0 Å². The van der Waals surface area contributed by atoms with Gasteiger partial charge in [0, 0.05) is 24.4 Å². The Balaban J connectivity index is 1.94. The highest BCUT2D eigenvalue weighted by atomic mass is 127. The molecule has 2 amide bonds. The second-order valence-electron chi connectivity index (χ2n) is 9.09. The largest absolute Gasteiger partial charge is 0.508 e. The first-order valence-electron chi connectivity index (χ1n) is 12.9. The van der Waals surface area contributed by atoms with Crippen LogP contribution < -0.4 is 10.6 Å². The Bertz CT molecular complexity index is 1410. The molecule has 1 unspecified atom stereocenters. The van der Waals surface area contributed by atoms with Gasteiger partial charge < -0.3 is 30.1 Å². The van der Waals surface area contributed by atoms with Crippen molar-refractivity contribution in [2.75, 3.05) is 19.0 Å². The molecule has 1 aliphatic heterocycles. The number of benzene rings is 2. The van der Waals surface area contributed by atoms with E-state index in [0.717, 1.165) is 16.8 Å². The van der Waals surface area contributed by atoms with Crippen molar-refractivity contribution in [3.05, 3.63) is 130 Å². The zero-order valence-corrected chi connectivity index (χ0v) is 25.4. The summed E-state index contributed by atoms with van der Waals surface area (Å²) in [4.78, 5) is 26.5. The molecule has 0 radical (unpaired) electrons. The number of rotatable bonds is 12. The molecule has 0 aromatic heterocycles. The molecule has 2 aromatic rings. The van der Waals surface area contributed by atoms with Crippen LogP contribution in [0, 0.1) is 0 Å². The van der Waals surface area contributed by atoms with E-state index in [1.807, 2.05) is 53.5 Å². The summed E-state index contributed by atoms with van der Waals surface area (Å²) >= 11 is 2.11. The highest BCUT2D eigenvalue weighted by Crippen LogP contribution is 2.31. The molecular formula is C32H34IN3O5. The van der Waals surface area contributed by atoms with Crippen LogP contribution in [-0.4, -0.2) is 41.7 Å². The normalized spacial score (nSPS) is 16.3. The molecule has 9 heteroatoms. The van der Waals surface area contributed by atoms with Gasteiger partial charge in [0.1, 0.15) is 24.3 Å². The lowest BCUT2D eigenvalue weighted by molar-refractivity contribution is -0.118. The van der Waals surface area contributed by atoms with Gasteiger partial charge in [0.05, 0.1) is 25.5 Å². The molecule has 1 heterocycles. The average molecular weight is 668 g/mol. The van der Waals surface area contributed by atoms with E-state index >= 15 is 0 Å². The third-order valence-electron chi connectivity index (χ3n) is 5.92. The van der Waals surface area contributed by atoms with Crippen molar-refractivity contribution in [1.29, 1.82) is 0 Å². The lowest BCUT2D eigenvalue weighted by Crippen LogP contribution is -2.49. The van der Waals surface area contributed by atoms with Crippen molar-refractivity contribution in [2.45, 2.75) is 26.6 Å². The van der Waals surface area contributed by atoms with Gasteiger partial charge in [-0.3, -0.25) is 9.59 Å². The van der Waals surface area contributed by atoms with Crippen molar-refractivity contribution in [3.63, 3.8) is 0 Å². The molecule has 3 rings (SSSR count). The number of phenolic OH excluding ortho intramolecular Hbond substituents is 1. The molecule has 8 nitrogen and oxygen atoms in total. The Hall–Kier alpha value is -4.25.